The zero-order valence-electron chi connectivity index (χ0n) is 9.87. The number of carboxylic acids is 1. The van der Waals surface area contributed by atoms with Gasteiger partial charge in [-0.15, -0.1) is 0 Å². The van der Waals surface area contributed by atoms with Gasteiger partial charge in [0.05, 0.1) is 6.10 Å². The van der Waals surface area contributed by atoms with E-state index in [1.807, 2.05) is 27.7 Å². The smallest absolute Gasteiger partial charge is 0.328 e. The molecular weight excluding hydrogens is 192 g/mol. The van der Waals surface area contributed by atoms with E-state index < -0.39 is 5.97 Å². The maximum absolute atomic E-state index is 10.8. The van der Waals surface area contributed by atoms with Gasteiger partial charge in [0, 0.05) is 6.08 Å². The van der Waals surface area contributed by atoms with Crippen molar-refractivity contribution >= 4 is 5.97 Å². The van der Waals surface area contributed by atoms with Gasteiger partial charge in [-0.3, -0.25) is 0 Å². The second-order valence-corrected chi connectivity index (χ2v) is 5.73. The van der Waals surface area contributed by atoms with Crippen molar-refractivity contribution in [2.45, 2.75) is 46.6 Å². The fourth-order valence-corrected chi connectivity index (χ4v) is 2.90. The summed E-state index contributed by atoms with van der Waals surface area (Å²) in [5.74, 6) is -0.900. The van der Waals surface area contributed by atoms with E-state index in [1.165, 1.54) is 6.08 Å². The Labute approximate surface area is 90.8 Å². The first-order valence-corrected chi connectivity index (χ1v) is 5.29. The van der Waals surface area contributed by atoms with Gasteiger partial charge in [-0.1, -0.05) is 33.3 Å². The predicted molar refractivity (Wildman–Crippen MR) is 58.5 cm³/mol. The zero-order chi connectivity index (χ0) is 11.9. The van der Waals surface area contributed by atoms with Crippen molar-refractivity contribution in [2.75, 3.05) is 0 Å². The molecule has 1 aliphatic rings. The molecule has 0 heterocycles. The Morgan fingerprint density at radius 3 is 2.00 bits per heavy atom. The van der Waals surface area contributed by atoms with Crippen molar-refractivity contribution in [1.29, 1.82) is 0 Å². The second kappa shape index (κ2) is 3.63. The van der Waals surface area contributed by atoms with E-state index in [0.717, 1.165) is 5.57 Å². The molecule has 3 heteroatoms. The third kappa shape index (κ3) is 2.59. The first kappa shape index (κ1) is 12.2. The first-order chi connectivity index (χ1) is 6.65. The van der Waals surface area contributed by atoms with Crippen LogP contribution >= 0.6 is 0 Å². The summed E-state index contributed by atoms with van der Waals surface area (Å²) in [6.45, 7) is 7.97. The van der Waals surface area contributed by atoms with Crippen molar-refractivity contribution in [3.8, 4) is 0 Å². The van der Waals surface area contributed by atoms with E-state index in [9.17, 15) is 9.90 Å². The minimum atomic E-state index is -0.900. The molecule has 0 aliphatic heterocycles. The van der Waals surface area contributed by atoms with Gasteiger partial charge in [0.15, 0.2) is 0 Å². The maximum Gasteiger partial charge on any atom is 0.328 e. The van der Waals surface area contributed by atoms with Crippen molar-refractivity contribution in [3.05, 3.63) is 11.6 Å². The van der Waals surface area contributed by atoms with Gasteiger partial charge in [0.2, 0.25) is 0 Å². The highest BCUT2D eigenvalue weighted by Crippen LogP contribution is 2.50. The molecule has 0 atom stereocenters. The molecule has 0 bridgehead atoms. The van der Waals surface area contributed by atoms with Crippen molar-refractivity contribution in [2.24, 2.45) is 10.8 Å². The standard InChI is InChI=1S/C12H20O3/c1-11(2)6-8(13)7-12(3,4)9(11)5-10(14)15/h5,8,13H,6-7H2,1-4H3,(H,14,15). The molecule has 3 nitrogen and oxygen atoms in total. The summed E-state index contributed by atoms with van der Waals surface area (Å²) in [4.78, 5) is 10.8. The van der Waals surface area contributed by atoms with Gasteiger partial charge in [-0.05, 0) is 23.7 Å². The minimum absolute atomic E-state index is 0.237. The van der Waals surface area contributed by atoms with Crippen LogP contribution in [-0.4, -0.2) is 22.3 Å². The lowest BCUT2D eigenvalue weighted by Crippen LogP contribution is -2.39. The SMILES string of the molecule is CC1(C)CC(O)CC(C)(C)C1=CC(=O)O. The molecule has 86 valence electrons. The van der Waals surface area contributed by atoms with Crippen LogP contribution in [0.25, 0.3) is 0 Å². The number of carboxylic acid groups (broad SMARTS) is 1. The molecule has 15 heavy (non-hydrogen) atoms. The summed E-state index contributed by atoms with van der Waals surface area (Å²) < 4.78 is 0. The number of aliphatic hydroxyl groups excluding tert-OH is 1. The Hall–Kier alpha value is -0.830. The van der Waals surface area contributed by atoms with E-state index in [-0.39, 0.29) is 16.9 Å². The third-order valence-corrected chi connectivity index (χ3v) is 3.22. The first-order valence-electron chi connectivity index (χ1n) is 5.29. The quantitative estimate of drug-likeness (QED) is 0.655. The number of aliphatic hydroxyl groups is 1. The van der Waals surface area contributed by atoms with Gasteiger partial charge in [0.25, 0.3) is 0 Å². The van der Waals surface area contributed by atoms with Crippen molar-refractivity contribution < 1.29 is 15.0 Å². The maximum atomic E-state index is 10.8. The second-order valence-electron chi connectivity index (χ2n) is 5.73. The van der Waals surface area contributed by atoms with Gasteiger partial charge in [0.1, 0.15) is 0 Å². The lowest BCUT2D eigenvalue weighted by Gasteiger charge is -2.46. The summed E-state index contributed by atoms with van der Waals surface area (Å²) in [5.41, 5.74) is 0.451. The van der Waals surface area contributed by atoms with Gasteiger partial charge in [-0.25, -0.2) is 4.79 Å². The Morgan fingerprint density at radius 2 is 1.67 bits per heavy atom. The van der Waals surface area contributed by atoms with Crippen LogP contribution in [0.5, 0.6) is 0 Å². The summed E-state index contributed by atoms with van der Waals surface area (Å²) in [6.07, 6.45) is 2.25. The highest BCUT2D eigenvalue weighted by molar-refractivity contribution is 5.81. The van der Waals surface area contributed by atoms with Crippen LogP contribution < -0.4 is 0 Å². The van der Waals surface area contributed by atoms with Crippen molar-refractivity contribution in [3.63, 3.8) is 0 Å². The number of rotatable bonds is 1. The molecule has 2 N–H and O–H groups in total. The molecule has 0 amide bonds. The lowest BCUT2D eigenvalue weighted by molar-refractivity contribution is -0.131. The van der Waals surface area contributed by atoms with Crippen LogP contribution in [0.15, 0.2) is 11.6 Å². The van der Waals surface area contributed by atoms with Crippen LogP contribution in [-0.2, 0) is 4.79 Å². The van der Waals surface area contributed by atoms with E-state index in [4.69, 9.17) is 5.11 Å². The molecule has 1 aliphatic carbocycles. The average Bonchev–Trinajstić information content (AvgIpc) is 1.94. The van der Waals surface area contributed by atoms with E-state index >= 15 is 0 Å². The molecular formula is C12H20O3. The van der Waals surface area contributed by atoms with Gasteiger partial charge >= 0.3 is 5.97 Å². The fraction of sp³-hybridized carbons (Fsp3) is 0.750. The molecule has 0 aromatic heterocycles. The fourth-order valence-electron chi connectivity index (χ4n) is 2.90. The van der Waals surface area contributed by atoms with Crippen LogP contribution in [0.2, 0.25) is 0 Å². The lowest BCUT2D eigenvalue weighted by atomic mass is 9.60. The van der Waals surface area contributed by atoms with E-state index in [0.29, 0.717) is 12.8 Å². The molecule has 1 saturated carbocycles. The predicted octanol–water partition coefficient (Wildman–Crippen LogP) is 2.20. The third-order valence-electron chi connectivity index (χ3n) is 3.22. The van der Waals surface area contributed by atoms with E-state index in [2.05, 4.69) is 0 Å². The number of allylic oxidation sites excluding steroid dienone is 1. The van der Waals surface area contributed by atoms with Gasteiger partial charge in [-0.2, -0.15) is 0 Å². The minimum Gasteiger partial charge on any atom is -0.478 e. The molecule has 1 rings (SSSR count). The summed E-state index contributed by atoms with van der Waals surface area (Å²) in [5, 5.41) is 18.6. The Kier molecular flexibility index (Phi) is 2.97. The van der Waals surface area contributed by atoms with Crippen molar-refractivity contribution in [1.82, 2.24) is 0 Å². The highest BCUT2D eigenvalue weighted by Gasteiger charge is 2.42. The average molecular weight is 212 g/mol. The Bertz CT molecular complexity index is 280. The molecule has 1 fully saturated rings. The molecule has 0 unspecified atom stereocenters. The number of hydrogen-bond donors (Lipinski definition) is 2. The summed E-state index contributed by atoms with van der Waals surface area (Å²) >= 11 is 0. The molecule has 0 aromatic rings. The number of carbonyl (C=O) groups is 1. The number of aliphatic carboxylic acids is 1. The van der Waals surface area contributed by atoms with Crippen LogP contribution in [0.3, 0.4) is 0 Å². The normalized spacial score (nSPS) is 28.6. The molecule has 0 spiro atoms. The van der Waals surface area contributed by atoms with Gasteiger partial charge < -0.3 is 10.2 Å². The largest absolute Gasteiger partial charge is 0.478 e. The Morgan fingerprint density at radius 1 is 1.27 bits per heavy atom. The highest BCUT2D eigenvalue weighted by atomic mass is 16.4. The molecule has 0 saturated heterocycles. The Balaban J connectivity index is 3.14. The van der Waals surface area contributed by atoms with Crippen LogP contribution in [0.4, 0.5) is 0 Å². The molecule has 0 aromatic carbocycles. The topological polar surface area (TPSA) is 57.5 Å². The van der Waals surface area contributed by atoms with E-state index in [1.54, 1.807) is 0 Å². The summed E-state index contributed by atoms with van der Waals surface area (Å²) in [6, 6.07) is 0. The number of hydrogen-bond acceptors (Lipinski definition) is 2. The summed E-state index contributed by atoms with van der Waals surface area (Å²) in [7, 11) is 0. The van der Waals surface area contributed by atoms with Crippen LogP contribution in [0, 0.1) is 10.8 Å². The zero-order valence-corrected chi connectivity index (χ0v) is 9.87. The monoisotopic (exact) mass is 212 g/mol. The molecule has 0 radical (unpaired) electrons. The van der Waals surface area contributed by atoms with Crippen LogP contribution in [0.1, 0.15) is 40.5 Å².